The van der Waals surface area contributed by atoms with E-state index in [0.717, 1.165) is 5.56 Å². The lowest BCUT2D eigenvalue weighted by Gasteiger charge is -2.19. The van der Waals surface area contributed by atoms with Gasteiger partial charge < -0.3 is 5.32 Å². The first-order valence-electron chi connectivity index (χ1n) is 8.33. The number of benzene rings is 2. The Balaban J connectivity index is 1.82. The monoisotopic (exact) mass is 378 g/mol. The van der Waals surface area contributed by atoms with Gasteiger partial charge >= 0.3 is 0 Å². The molecular formula is C19H23FN2O3S. The van der Waals surface area contributed by atoms with Gasteiger partial charge in [-0.1, -0.05) is 37.3 Å². The van der Waals surface area contributed by atoms with Crippen molar-refractivity contribution in [1.29, 1.82) is 0 Å². The van der Waals surface area contributed by atoms with E-state index in [1.54, 1.807) is 36.4 Å². The van der Waals surface area contributed by atoms with Crippen LogP contribution in [0.2, 0.25) is 0 Å². The molecule has 0 saturated carbocycles. The zero-order valence-electron chi connectivity index (χ0n) is 14.9. The van der Waals surface area contributed by atoms with Gasteiger partial charge in [0.15, 0.2) is 0 Å². The SMILES string of the molecule is CC(CC(=O)NCCS(=O)(=O)N(C)c1ccccc1)c1ccc(F)cc1. The van der Waals surface area contributed by atoms with Crippen molar-refractivity contribution >= 4 is 21.6 Å². The number of rotatable bonds is 8. The molecule has 2 aromatic carbocycles. The van der Waals surface area contributed by atoms with Gasteiger partial charge in [-0.05, 0) is 35.7 Å². The summed E-state index contributed by atoms with van der Waals surface area (Å²) in [7, 11) is -2.03. The van der Waals surface area contributed by atoms with Crippen LogP contribution in [-0.4, -0.2) is 33.7 Å². The molecule has 140 valence electrons. The van der Waals surface area contributed by atoms with Crippen molar-refractivity contribution in [2.75, 3.05) is 23.7 Å². The molecule has 0 spiro atoms. The van der Waals surface area contributed by atoms with E-state index >= 15 is 0 Å². The van der Waals surface area contributed by atoms with Gasteiger partial charge in [0.2, 0.25) is 15.9 Å². The fraction of sp³-hybridized carbons (Fsp3) is 0.316. The fourth-order valence-electron chi connectivity index (χ4n) is 2.51. The van der Waals surface area contributed by atoms with Gasteiger partial charge in [-0.25, -0.2) is 12.8 Å². The molecule has 1 amide bonds. The number of sulfonamides is 1. The summed E-state index contributed by atoms with van der Waals surface area (Å²) in [6, 6.07) is 14.8. The maximum atomic E-state index is 12.9. The molecule has 1 unspecified atom stereocenters. The summed E-state index contributed by atoms with van der Waals surface area (Å²) in [5.41, 5.74) is 1.43. The minimum Gasteiger partial charge on any atom is -0.355 e. The number of hydrogen-bond donors (Lipinski definition) is 1. The minimum atomic E-state index is -3.52. The standard InChI is InChI=1S/C19H23FN2O3S/c1-15(16-8-10-17(20)11-9-16)14-19(23)21-12-13-26(24,25)22(2)18-6-4-3-5-7-18/h3-11,15H,12-14H2,1-2H3,(H,21,23). The van der Waals surface area contributed by atoms with E-state index in [9.17, 15) is 17.6 Å². The third-order valence-corrected chi connectivity index (χ3v) is 5.92. The summed E-state index contributed by atoms with van der Waals surface area (Å²) in [5, 5.41) is 2.64. The van der Waals surface area contributed by atoms with Crippen LogP contribution in [0.5, 0.6) is 0 Å². The molecule has 2 aromatic rings. The van der Waals surface area contributed by atoms with E-state index < -0.39 is 10.0 Å². The Morgan fingerprint density at radius 3 is 2.35 bits per heavy atom. The summed E-state index contributed by atoms with van der Waals surface area (Å²) in [5.74, 6) is -0.827. The van der Waals surface area contributed by atoms with Gasteiger partial charge in [-0.15, -0.1) is 0 Å². The zero-order valence-corrected chi connectivity index (χ0v) is 15.7. The van der Waals surface area contributed by atoms with Crippen molar-refractivity contribution in [2.24, 2.45) is 0 Å². The molecule has 7 heteroatoms. The predicted octanol–water partition coefficient (Wildman–Crippen LogP) is 2.90. The molecule has 0 aliphatic heterocycles. The zero-order chi connectivity index (χ0) is 19.2. The first kappa shape index (κ1) is 19.9. The van der Waals surface area contributed by atoms with Crippen LogP contribution in [0.1, 0.15) is 24.8 Å². The molecule has 0 bridgehead atoms. The summed E-state index contributed by atoms with van der Waals surface area (Å²) in [4.78, 5) is 12.0. The van der Waals surface area contributed by atoms with Crippen LogP contribution in [0.15, 0.2) is 54.6 Å². The summed E-state index contributed by atoms with van der Waals surface area (Å²) in [6.07, 6.45) is 0.209. The van der Waals surface area contributed by atoms with Crippen LogP contribution in [0.4, 0.5) is 10.1 Å². The Labute approximate surface area is 153 Å². The maximum absolute atomic E-state index is 12.9. The number of carbonyl (C=O) groups is 1. The van der Waals surface area contributed by atoms with Crippen molar-refractivity contribution in [3.63, 3.8) is 0 Å². The molecule has 0 aliphatic carbocycles. The normalized spacial score (nSPS) is 12.4. The molecular weight excluding hydrogens is 355 g/mol. The van der Waals surface area contributed by atoms with Crippen LogP contribution in [0, 0.1) is 5.82 Å². The van der Waals surface area contributed by atoms with Crippen LogP contribution in [0.25, 0.3) is 0 Å². The van der Waals surface area contributed by atoms with Gasteiger partial charge in [0.05, 0.1) is 11.4 Å². The van der Waals surface area contributed by atoms with Crippen LogP contribution >= 0.6 is 0 Å². The van der Waals surface area contributed by atoms with E-state index in [-0.39, 0.29) is 36.4 Å². The predicted molar refractivity (Wildman–Crippen MR) is 101 cm³/mol. The molecule has 0 heterocycles. The largest absolute Gasteiger partial charge is 0.355 e. The number of anilines is 1. The highest BCUT2D eigenvalue weighted by Gasteiger charge is 2.19. The lowest BCUT2D eigenvalue weighted by atomic mass is 9.97. The van der Waals surface area contributed by atoms with Crippen molar-refractivity contribution < 1.29 is 17.6 Å². The van der Waals surface area contributed by atoms with Crippen LogP contribution < -0.4 is 9.62 Å². The van der Waals surface area contributed by atoms with Crippen LogP contribution in [0.3, 0.4) is 0 Å². The van der Waals surface area contributed by atoms with Gasteiger partial charge in [0.25, 0.3) is 0 Å². The molecule has 2 rings (SSSR count). The lowest BCUT2D eigenvalue weighted by Crippen LogP contribution is -2.35. The molecule has 5 nitrogen and oxygen atoms in total. The van der Waals surface area contributed by atoms with Gasteiger partial charge in [-0.2, -0.15) is 0 Å². The number of amides is 1. The maximum Gasteiger partial charge on any atom is 0.236 e. The topological polar surface area (TPSA) is 66.5 Å². The van der Waals surface area contributed by atoms with E-state index in [4.69, 9.17) is 0 Å². The van der Waals surface area contributed by atoms with Crippen molar-refractivity contribution in [3.8, 4) is 0 Å². The van der Waals surface area contributed by atoms with E-state index in [1.165, 1.54) is 23.5 Å². The number of halogens is 1. The van der Waals surface area contributed by atoms with E-state index in [1.807, 2.05) is 13.0 Å². The molecule has 0 fully saturated rings. The molecule has 0 aliphatic rings. The summed E-state index contributed by atoms with van der Waals surface area (Å²) < 4.78 is 38.8. The Bertz CT molecular complexity index is 824. The lowest BCUT2D eigenvalue weighted by molar-refractivity contribution is -0.121. The summed E-state index contributed by atoms with van der Waals surface area (Å²) >= 11 is 0. The number of nitrogens with one attached hydrogen (secondary N) is 1. The molecule has 1 atom stereocenters. The van der Waals surface area contributed by atoms with Crippen molar-refractivity contribution in [3.05, 3.63) is 66.0 Å². The fourth-order valence-corrected chi connectivity index (χ4v) is 3.59. The highest BCUT2D eigenvalue weighted by Crippen LogP contribution is 2.19. The minimum absolute atomic E-state index is 0.0362. The Hall–Kier alpha value is -2.41. The van der Waals surface area contributed by atoms with Gasteiger partial charge in [0.1, 0.15) is 5.82 Å². The first-order chi connectivity index (χ1) is 12.3. The molecule has 1 N–H and O–H groups in total. The number of hydrogen-bond acceptors (Lipinski definition) is 3. The third-order valence-electron chi connectivity index (χ3n) is 4.15. The molecule has 0 saturated heterocycles. The molecule has 0 aromatic heterocycles. The van der Waals surface area contributed by atoms with Crippen molar-refractivity contribution in [1.82, 2.24) is 5.32 Å². The number of nitrogens with zero attached hydrogens (tertiary/aromatic N) is 1. The second-order valence-corrected chi connectivity index (χ2v) is 8.25. The number of carbonyl (C=O) groups excluding carboxylic acids is 1. The summed E-state index contributed by atoms with van der Waals surface area (Å²) in [6.45, 7) is 1.90. The van der Waals surface area contributed by atoms with E-state index in [0.29, 0.717) is 5.69 Å². The number of para-hydroxylation sites is 1. The molecule has 0 radical (unpaired) electrons. The smallest absolute Gasteiger partial charge is 0.236 e. The Kier molecular flexibility index (Phi) is 6.74. The Morgan fingerprint density at radius 2 is 1.73 bits per heavy atom. The average molecular weight is 378 g/mol. The second kappa shape index (κ2) is 8.80. The highest BCUT2D eigenvalue weighted by molar-refractivity contribution is 7.92. The van der Waals surface area contributed by atoms with E-state index in [2.05, 4.69) is 5.32 Å². The first-order valence-corrected chi connectivity index (χ1v) is 9.94. The third kappa shape index (κ3) is 5.56. The van der Waals surface area contributed by atoms with Crippen molar-refractivity contribution in [2.45, 2.75) is 19.3 Å². The highest BCUT2D eigenvalue weighted by atomic mass is 32.2. The van der Waals surface area contributed by atoms with Crippen LogP contribution in [-0.2, 0) is 14.8 Å². The van der Waals surface area contributed by atoms with Gasteiger partial charge in [-0.3, -0.25) is 9.10 Å². The van der Waals surface area contributed by atoms with Gasteiger partial charge in [0, 0.05) is 20.0 Å². The Morgan fingerprint density at radius 1 is 1.12 bits per heavy atom. The molecule has 26 heavy (non-hydrogen) atoms. The second-order valence-electron chi connectivity index (χ2n) is 6.13. The average Bonchev–Trinajstić information content (AvgIpc) is 2.62. The quantitative estimate of drug-likeness (QED) is 0.768.